The Bertz CT molecular complexity index is 1150. The molecule has 0 unspecified atom stereocenters. The van der Waals surface area contributed by atoms with Gasteiger partial charge in [-0.15, -0.1) is 0 Å². The van der Waals surface area contributed by atoms with E-state index in [2.05, 4.69) is 52.6 Å². The minimum absolute atomic E-state index is 0.523. The molecule has 7 nitrogen and oxygen atoms in total. The quantitative estimate of drug-likeness (QED) is 0.533. The van der Waals surface area contributed by atoms with E-state index < -0.39 is 0 Å². The molecule has 1 saturated heterocycles. The summed E-state index contributed by atoms with van der Waals surface area (Å²) in [4.78, 5) is 9.64. The Morgan fingerprint density at radius 2 is 1.82 bits per heavy atom. The van der Waals surface area contributed by atoms with E-state index in [1.165, 1.54) is 5.56 Å². The van der Waals surface area contributed by atoms with Gasteiger partial charge >= 0.3 is 0 Å². The summed E-state index contributed by atoms with van der Waals surface area (Å²) in [6.07, 6.45) is 0. The van der Waals surface area contributed by atoms with E-state index in [9.17, 15) is 0 Å². The van der Waals surface area contributed by atoms with Gasteiger partial charge in [0.15, 0.2) is 5.11 Å². The molecule has 0 saturated carbocycles. The summed E-state index contributed by atoms with van der Waals surface area (Å²) in [6.45, 7) is 6.80. The first-order chi connectivity index (χ1) is 16.0. The third-order valence-corrected chi connectivity index (χ3v) is 6.26. The number of thiocarbonyl (C=S) groups is 1. The highest BCUT2D eigenvalue weighted by Crippen LogP contribution is 2.26. The van der Waals surface area contributed by atoms with Crippen molar-refractivity contribution >= 4 is 39.7 Å². The van der Waals surface area contributed by atoms with Gasteiger partial charge < -0.3 is 29.9 Å². The van der Waals surface area contributed by atoms with Gasteiger partial charge in [-0.3, -0.25) is 0 Å². The van der Waals surface area contributed by atoms with Crippen molar-refractivity contribution in [2.24, 2.45) is 0 Å². The van der Waals surface area contributed by atoms with Crippen LogP contribution >= 0.6 is 12.2 Å². The molecule has 1 fully saturated rings. The smallest absolute Gasteiger partial charge is 0.171 e. The number of benzene rings is 2. The zero-order valence-corrected chi connectivity index (χ0v) is 20.5. The maximum atomic E-state index is 5.53. The van der Waals surface area contributed by atoms with Crippen molar-refractivity contribution in [3.63, 3.8) is 0 Å². The summed E-state index contributed by atoms with van der Waals surface area (Å²) in [6, 6.07) is 14.1. The first-order valence-electron chi connectivity index (χ1n) is 11.1. The minimum atomic E-state index is 0.523. The lowest BCUT2D eigenvalue weighted by molar-refractivity contribution is 0.312. The number of nitrogens with zero attached hydrogens (tertiary/aromatic N) is 3. The molecule has 8 heteroatoms. The molecule has 0 atom stereocenters. The Morgan fingerprint density at radius 1 is 1.03 bits per heavy atom. The van der Waals surface area contributed by atoms with Gasteiger partial charge in [-0.1, -0.05) is 0 Å². The first-order valence-corrected chi connectivity index (χ1v) is 11.5. The van der Waals surface area contributed by atoms with Crippen molar-refractivity contribution in [1.29, 1.82) is 0 Å². The number of likely N-dealkylation sites (N-methyl/N-ethyl adjacent to an activating group) is 1. The molecule has 4 rings (SSSR count). The number of nitrogens with one attached hydrogen (secondary N) is 2. The third kappa shape index (κ3) is 5.46. The Kier molecular flexibility index (Phi) is 7.15. The number of hydrogen-bond donors (Lipinski definition) is 2. The van der Waals surface area contributed by atoms with E-state index in [1.807, 2.05) is 24.3 Å². The van der Waals surface area contributed by atoms with Gasteiger partial charge in [-0.2, -0.15) is 0 Å². The highest BCUT2D eigenvalue weighted by atomic mass is 32.1. The molecule has 33 heavy (non-hydrogen) atoms. The summed E-state index contributed by atoms with van der Waals surface area (Å²) in [7, 11) is 5.47. The van der Waals surface area contributed by atoms with Crippen molar-refractivity contribution in [2.75, 3.05) is 57.7 Å². The molecule has 0 radical (unpaired) electrons. The van der Waals surface area contributed by atoms with Crippen LogP contribution in [0.5, 0.6) is 11.5 Å². The first kappa shape index (κ1) is 23.1. The van der Waals surface area contributed by atoms with Crippen molar-refractivity contribution in [2.45, 2.75) is 13.5 Å². The molecule has 2 aromatic carbocycles. The molecule has 1 aliphatic heterocycles. The number of aromatic nitrogens is 1. The normalized spacial score (nSPS) is 14.2. The van der Waals surface area contributed by atoms with Gasteiger partial charge in [0, 0.05) is 49.4 Å². The Labute approximate surface area is 200 Å². The fourth-order valence-corrected chi connectivity index (χ4v) is 4.21. The summed E-state index contributed by atoms with van der Waals surface area (Å²) in [5, 5.41) is 8.20. The van der Waals surface area contributed by atoms with Crippen LogP contribution in [0.3, 0.4) is 0 Å². The Hall–Kier alpha value is -3.10. The van der Waals surface area contributed by atoms with Crippen molar-refractivity contribution in [3.8, 4) is 11.5 Å². The van der Waals surface area contributed by atoms with E-state index in [0.29, 0.717) is 11.7 Å². The van der Waals surface area contributed by atoms with Crippen LogP contribution in [0, 0.1) is 6.92 Å². The fraction of sp³-hybridized carbons (Fsp3) is 0.360. The predicted octanol–water partition coefficient (Wildman–Crippen LogP) is 3.80. The topological polar surface area (TPSA) is 61.9 Å². The molecule has 0 bridgehead atoms. The molecule has 0 spiro atoms. The van der Waals surface area contributed by atoms with Gasteiger partial charge in [-0.05, 0) is 74.2 Å². The van der Waals surface area contributed by atoms with Crippen LogP contribution in [0.1, 0.15) is 11.1 Å². The molecule has 3 aromatic rings. The standard InChI is InChI=1S/C25H31N5O2S/c1-17-13-24(30-11-9-29(2)10-12-30)28-22-7-5-19(15-21(17)22)27-25(33)26-16-18-14-20(31-3)6-8-23(18)32-4/h5-8,13-15H,9-12,16H2,1-4H3,(H2,26,27,33). The van der Waals surface area contributed by atoms with Crippen LogP contribution < -0.4 is 25.0 Å². The molecule has 1 aromatic heterocycles. The van der Waals surface area contributed by atoms with E-state index in [0.717, 1.165) is 65.6 Å². The Balaban J connectivity index is 1.44. The number of hydrogen-bond acceptors (Lipinski definition) is 6. The SMILES string of the molecule is COc1ccc(OC)c(CNC(=S)Nc2ccc3nc(N4CCN(C)CC4)cc(C)c3c2)c1. The van der Waals surface area contributed by atoms with Gasteiger partial charge in [0.2, 0.25) is 0 Å². The number of fused-ring (bicyclic) bond motifs is 1. The zero-order chi connectivity index (χ0) is 23.4. The fourth-order valence-electron chi connectivity index (χ4n) is 4.02. The number of piperazine rings is 1. The van der Waals surface area contributed by atoms with Crippen LogP contribution in [-0.2, 0) is 6.54 Å². The zero-order valence-electron chi connectivity index (χ0n) is 19.6. The molecular weight excluding hydrogens is 434 g/mol. The van der Waals surface area contributed by atoms with Crippen LogP contribution in [0.4, 0.5) is 11.5 Å². The van der Waals surface area contributed by atoms with Crippen molar-refractivity contribution in [3.05, 3.63) is 53.6 Å². The van der Waals surface area contributed by atoms with Crippen LogP contribution in [0.2, 0.25) is 0 Å². The third-order valence-electron chi connectivity index (χ3n) is 6.01. The maximum absolute atomic E-state index is 5.53. The minimum Gasteiger partial charge on any atom is -0.497 e. The van der Waals surface area contributed by atoms with Crippen molar-refractivity contribution < 1.29 is 9.47 Å². The lowest BCUT2D eigenvalue weighted by Gasteiger charge is -2.33. The van der Waals surface area contributed by atoms with E-state index in [4.69, 9.17) is 26.7 Å². The van der Waals surface area contributed by atoms with Gasteiger partial charge in [0.05, 0.1) is 19.7 Å². The monoisotopic (exact) mass is 465 g/mol. The highest BCUT2D eigenvalue weighted by Gasteiger charge is 2.16. The maximum Gasteiger partial charge on any atom is 0.171 e. The summed E-state index contributed by atoms with van der Waals surface area (Å²) >= 11 is 5.53. The second kappa shape index (κ2) is 10.2. The predicted molar refractivity (Wildman–Crippen MR) is 139 cm³/mol. The molecule has 2 N–H and O–H groups in total. The van der Waals surface area contributed by atoms with Crippen LogP contribution in [0.15, 0.2) is 42.5 Å². The molecule has 2 heterocycles. The van der Waals surface area contributed by atoms with E-state index >= 15 is 0 Å². The van der Waals surface area contributed by atoms with Crippen LogP contribution in [0.25, 0.3) is 10.9 Å². The number of anilines is 2. The van der Waals surface area contributed by atoms with Gasteiger partial charge in [0.1, 0.15) is 17.3 Å². The van der Waals surface area contributed by atoms with E-state index in [1.54, 1.807) is 14.2 Å². The molecule has 0 aliphatic carbocycles. The number of ether oxygens (including phenoxy) is 2. The number of methoxy groups -OCH3 is 2. The number of rotatable bonds is 6. The lowest BCUT2D eigenvalue weighted by atomic mass is 10.1. The van der Waals surface area contributed by atoms with Gasteiger partial charge in [0.25, 0.3) is 0 Å². The van der Waals surface area contributed by atoms with Gasteiger partial charge in [-0.25, -0.2) is 4.98 Å². The molecule has 0 amide bonds. The lowest BCUT2D eigenvalue weighted by Crippen LogP contribution is -2.44. The highest BCUT2D eigenvalue weighted by molar-refractivity contribution is 7.80. The number of pyridine rings is 1. The van der Waals surface area contributed by atoms with E-state index in [-0.39, 0.29) is 0 Å². The second-order valence-electron chi connectivity index (χ2n) is 8.31. The summed E-state index contributed by atoms with van der Waals surface area (Å²) in [5.74, 6) is 2.62. The van der Waals surface area contributed by atoms with Crippen molar-refractivity contribution in [1.82, 2.24) is 15.2 Å². The average molecular weight is 466 g/mol. The number of aryl methyl sites for hydroxylation is 1. The van der Waals surface area contributed by atoms with Crippen LogP contribution in [-0.4, -0.2) is 62.4 Å². The largest absolute Gasteiger partial charge is 0.497 e. The molecule has 174 valence electrons. The summed E-state index contributed by atoms with van der Waals surface area (Å²) < 4.78 is 10.8. The summed E-state index contributed by atoms with van der Waals surface area (Å²) in [5.41, 5.74) is 4.10. The molecular formula is C25H31N5O2S. The Morgan fingerprint density at radius 3 is 2.55 bits per heavy atom. The molecule has 1 aliphatic rings. The second-order valence-corrected chi connectivity index (χ2v) is 8.71. The average Bonchev–Trinajstić information content (AvgIpc) is 2.83.